The standard InChI is InChI=1S/C30H25NO13/c1-8(32)20(34)26(40)21(35)11-6-10-5-9-3-4-30(19(9)25(39)14(10)29(43)31-11)27(41)17-18(28(30)42)24(38)16-15(23(17)37)12(33)7-13(44-2)22(16)36/h5-8,20-21,26,32,34-35,37-40H,3-4H2,1-2H3,(H,31,43)/t8?,20?,21?,26?,30-/m1/s1. The van der Waals surface area contributed by atoms with E-state index in [1.165, 1.54) is 19.1 Å². The van der Waals surface area contributed by atoms with Gasteiger partial charge in [-0.15, -0.1) is 0 Å². The number of rotatable bonds is 5. The largest absolute Gasteiger partial charge is 0.507 e. The van der Waals surface area contributed by atoms with E-state index in [1.807, 2.05) is 0 Å². The third-order valence-electron chi connectivity index (χ3n) is 8.75. The number of nitrogens with one attached hydrogen (secondary N) is 1. The van der Waals surface area contributed by atoms with Crippen molar-refractivity contribution in [1.82, 2.24) is 4.98 Å². The van der Waals surface area contributed by atoms with Crippen molar-refractivity contribution >= 4 is 33.9 Å². The molecule has 44 heavy (non-hydrogen) atoms. The quantitative estimate of drug-likeness (QED) is 0.140. The molecule has 0 saturated heterocycles. The van der Waals surface area contributed by atoms with Gasteiger partial charge < -0.3 is 45.5 Å². The maximum Gasteiger partial charge on any atom is 0.259 e. The molecule has 8 N–H and O–H groups in total. The van der Waals surface area contributed by atoms with Crippen LogP contribution in [-0.2, 0) is 16.6 Å². The highest BCUT2D eigenvalue weighted by atomic mass is 16.5. The number of carbonyl (C=O) groups is 4. The molecule has 5 atom stereocenters. The molecule has 0 saturated carbocycles. The highest BCUT2D eigenvalue weighted by Crippen LogP contribution is 2.57. The monoisotopic (exact) mass is 607 g/mol. The van der Waals surface area contributed by atoms with Crippen LogP contribution in [0.1, 0.15) is 77.7 Å². The Morgan fingerprint density at radius 2 is 1.45 bits per heavy atom. The summed E-state index contributed by atoms with van der Waals surface area (Å²) in [6.07, 6.45) is -6.44. The van der Waals surface area contributed by atoms with E-state index in [0.717, 1.165) is 13.2 Å². The molecule has 0 amide bonds. The van der Waals surface area contributed by atoms with Gasteiger partial charge in [-0.2, -0.15) is 0 Å². The maximum absolute atomic E-state index is 14.1. The van der Waals surface area contributed by atoms with Crippen LogP contribution >= 0.6 is 0 Å². The molecule has 0 bridgehead atoms. The van der Waals surface area contributed by atoms with Crippen LogP contribution in [0.5, 0.6) is 17.2 Å². The molecule has 2 aromatic carbocycles. The van der Waals surface area contributed by atoms with Crippen LogP contribution in [0.15, 0.2) is 28.8 Å². The Labute approximate surface area is 246 Å². The molecule has 4 unspecified atom stereocenters. The fourth-order valence-electron chi connectivity index (χ4n) is 6.57. The number of allylic oxidation sites excluding steroid dienone is 2. The summed E-state index contributed by atoms with van der Waals surface area (Å²) < 4.78 is 4.89. The first-order chi connectivity index (χ1) is 20.7. The van der Waals surface area contributed by atoms with Crippen LogP contribution in [0, 0.1) is 0 Å². The van der Waals surface area contributed by atoms with Gasteiger partial charge in [0.25, 0.3) is 5.56 Å². The number of ketones is 4. The van der Waals surface area contributed by atoms with Crippen molar-refractivity contribution in [2.75, 3.05) is 7.11 Å². The molecule has 3 aliphatic carbocycles. The lowest BCUT2D eigenvalue weighted by atomic mass is 9.76. The molecule has 0 aliphatic heterocycles. The Morgan fingerprint density at radius 1 is 0.841 bits per heavy atom. The number of methoxy groups -OCH3 is 1. The second-order valence-corrected chi connectivity index (χ2v) is 11.1. The van der Waals surface area contributed by atoms with Crippen molar-refractivity contribution in [2.24, 2.45) is 0 Å². The molecule has 3 aromatic rings. The summed E-state index contributed by atoms with van der Waals surface area (Å²) in [5.74, 6) is -7.30. The zero-order valence-electron chi connectivity index (χ0n) is 23.0. The summed E-state index contributed by atoms with van der Waals surface area (Å²) in [6.45, 7) is 1.18. The van der Waals surface area contributed by atoms with Crippen LogP contribution in [0.2, 0.25) is 0 Å². The minimum atomic E-state index is -2.22. The number of aromatic nitrogens is 1. The van der Waals surface area contributed by atoms with Gasteiger partial charge in [0.2, 0.25) is 5.78 Å². The lowest BCUT2D eigenvalue weighted by Crippen LogP contribution is -2.40. The number of aliphatic hydroxyl groups is 4. The first-order valence-electron chi connectivity index (χ1n) is 13.4. The maximum atomic E-state index is 14.1. The molecule has 1 aromatic heterocycles. The lowest BCUT2D eigenvalue weighted by Gasteiger charge is -2.25. The van der Waals surface area contributed by atoms with Crippen molar-refractivity contribution in [3.05, 3.63) is 73.4 Å². The van der Waals surface area contributed by atoms with Crippen LogP contribution < -0.4 is 5.56 Å². The van der Waals surface area contributed by atoms with Crippen LogP contribution in [0.3, 0.4) is 0 Å². The molecule has 6 rings (SSSR count). The number of Topliss-reactive ketones (excluding diaryl/α,β-unsaturated/α-hetero) is 3. The van der Waals surface area contributed by atoms with Crippen molar-refractivity contribution in [3.63, 3.8) is 0 Å². The number of ether oxygens (including phenoxy) is 1. The average molecular weight is 608 g/mol. The van der Waals surface area contributed by atoms with E-state index in [4.69, 9.17) is 4.74 Å². The summed E-state index contributed by atoms with van der Waals surface area (Å²) in [6, 6.07) is 2.60. The van der Waals surface area contributed by atoms with E-state index in [0.29, 0.717) is 0 Å². The normalized spacial score (nSPS) is 21.6. The molecule has 228 valence electrons. The molecular weight excluding hydrogens is 582 g/mol. The van der Waals surface area contributed by atoms with E-state index in [9.17, 15) is 59.7 Å². The van der Waals surface area contributed by atoms with Gasteiger partial charge in [0.1, 0.15) is 41.0 Å². The molecule has 0 radical (unpaired) electrons. The Kier molecular flexibility index (Phi) is 6.34. The van der Waals surface area contributed by atoms with Gasteiger partial charge in [0.15, 0.2) is 23.1 Å². The van der Waals surface area contributed by atoms with E-state index in [1.54, 1.807) is 0 Å². The SMILES string of the molecule is COC1=CC(=O)c2c(O)c3c(c(O)c2C1=O)C(=O)[C@@]1(CCc2cc4cc(C(O)C(O)C(O)C(C)O)[nH]c(=O)c4c(O)c21)C3=O. The third-order valence-corrected chi connectivity index (χ3v) is 8.75. The smallest absolute Gasteiger partial charge is 0.259 e. The Balaban J connectivity index is 1.53. The highest BCUT2D eigenvalue weighted by molar-refractivity contribution is 6.38. The van der Waals surface area contributed by atoms with Crippen molar-refractivity contribution in [2.45, 2.75) is 49.6 Å². The number of aryl methyl sites for hydroxylation is 1. The Hall–Kier alpha value is -4.89. The predicted molar refractivity (Wildman–Crippen MR) is 147 cm³/mol. The van der Waals surface area contributed by atoms with Crippen LogP contribution in [0.4, 0.5) is 0 Å². The highest BCUT2D eigenvalue weighted by Gasteiger charge is 2.61. The summed E-state index contributed by atoms with van der Waals surface area (Å²) in [7, 11) is 1.10. The zero-order valence-corrected chi connectivity index (χ0v) is 23.0. The molecule has 1 spiro atoms. The molecule has 14 heteroatoms. The fourth-order valence-corrected chi connectivity index (χ4v) is 6.57. The number of benzene rings is 2. The second-order valence-electron chi connectivity index (χ2n) is 11.1. The molecule has 14 nitrogen and oxygen atoms in total. The third kappa shape index (κ3) is 3.53. The van der Waals surface area contributed by atoms with Gasteiger partial charge in [-0.3, -0.25) is 24.0 Å². The topological polar surface area (TPSA) is 252 Å². The fraction of sp³-hybridized carbons (Fsp3) is 0.300. The molecule has 0 fully saturated rings. The first kappa shape index (κ1) is 29.2. The summed E-state index contributed by atoms with van der Waals surface area (Å²) >= 11 is 0. The van der Waals surface area contributed by atoms with E-state index >= 15 is 0 Å². The first-order valence-corrected chi connectivity index (χ1v) is 13.4. The number of aliphatic hydroxyl groups excluding tert-OH is 4. The van der Waals surface area contributed by atoms with E-state index in [2.05, 4.69) is 4.98 Å². The number of phenolic OH excluding ortho intramolecular Hbond substituents is 3. The number of fused-ring (bicyclic) bond motifs is 5. The van der Waals surface area contributed by atoms with Gasteiger partial charge in [-0.1, -0.05) is 6.07 Å². The Morgan fingerprint density at radius 3 is 2.05 bits per heavy atom. The zero-order chi connectivity index (χ0) is 32.2. The molecule has 3 aliphatic rings. The number of aromatic hydroxyl groups is 3. The van der Waals surface area contributed by atoms with Gasteiger partial charge in [-0.05, 0) is 36.8 Å². The predicted octanol–water partition coefficient (Wildman–Crippen LogP) is -0.0466. The minimum absolute atomic E-state index is 0.00711. The number of pyridine rings is 1. The number of hydrogen-bond donors (Lipinski definition) is 8. The van der Waals surface area contributed by atoms with Gasteiger partial charge in [0.05, 0.1) is 46.5 Å². The van der Waals surface area contributed by atoms with Crippen LogP contribution in [-0.4, -0.2) is 89.3 Å². The number of phenols is 3. The number of hydrogen-bond acceptors (Lipinski definition) is 13. The van der Waals surface area contributed by atoms with Crippen LogP contribution in [0.25, 0.3) is 10.8 Å². The van der Waals surface area contributed by atoms with Gasteiger partial charge in [-0.25, -0.2) is 0 Å². The summed E-state index contributed by atoms with van der Waals surface area (Å²) in [4.78, 5) is 69.3. The lowest BCUT2D eigenvalue weighted by molar-refractivity contribution is -0.102. The second kappa shape index (κ2) is 9.56. The number of aromatic amines is 1. The van der Waals surface area contributed by atoms with Crippen molar-refractivity contribution < 1.29 is 59.7 Å². The van der Waals surface area contributed by atoms with Crippen molar-refractivity contribution in [1.29, 1.82) is 0 Å². The molecule has 1 heterocycles. The minimum Gasteiger partial charge on any atom is -0.507 e. The van der Waals surface area contributed by atoms with Gasteiger partial charge in [0, 0.05) is 11.6 Å². The Bertz CT molecular complexity index is 1970. The van der Waals surface area contributed by atoms with E-state index in [-0.39, 0.29) is 35.0 Å². The molecular formula is C30H25NO13. The number of H-pyrrole nitrogens is 1. The number of carbonyl (C=O) groups excluding carboxylic acids is 4. The average Bonchev–Trinajstić information content (AvgIpc) is 3.47. The van der Waals surface area contributed by atoms with Crippen molar-refractivity contribution in [3.8, 4) is 17.2 Å². The van der Waals surface area contributed by atoms with Gasteiger partial charge >= 0.3 is 0 Å². The van der Waals surface area contributed by atoms with E-state index < -0.39 is 109 Å². The summed E-state index contributed by atoms with van der Waals surface area (Å²) in [5, 5.41) is 73.6. The summed E-state index contributed by atoms with van der Waals surface area (Å²) in [5.41, 5.74) is -6.32.